The number of carbonyl (C=O) groups is 1. The number of hydrogen-bond acceptors (Lipinski definition) is 4. The number of likely N-dealkylation sites (tertiary alicyclic amines) is 1. The molecule has 2 heterocycles. The standard InChI is InChI=1S/C9H12N2O2S/c1-6(8-10-2-3-14-8)11-4-7(5-11)9(12)13/h2-3,6-7H,4-5H2,1H3,(H,12,13)/t6-/m0/s1. The van der Waals surface area contributed by atoms with E-state index in [4.69, 9.17) is 5.11 Å². The molecule has 1 N–H and O–H groups in total. The van der Waals surface area contributed by atoms with Crippen molar-refractivity contribution in [1.82, 2.24) is 9.88 Å². The largest absolute Gasteiger partial charge is 0.481 e. The molecule has 0 radical (unpaired) electrons. The monoisotopic (exact) mass is 212 g/mol. The van der Waals surface area contributed by atoms with Crippen molar-refractivity contribution in [2.24, 2.45) is 5.92 Å². The molecule has 2 rings (SSSR count). The molecule has 1 fully saturated rings. The van der Waals surface area contributed by atoms with Gasteiger partial charge in [-0.2, -0.15) is 0 Å². The number of hydrogen-bond donors (Lipinski definition) is 1. The van der Waals surface area contributed by atoms with Crippen molar-refractivity contribution >= 4 is 17.3 Å². The highest BCUT2D eigenvalue weighted by molar-refractivity contribution is 7.09. The smallest absolute Gasteiger partial charge is 0.309 e. The van der Waals surface area contributed by atoms with Gasteiger partial charge in [-0.05, 0) is 6.92 Å². The number of nitrogens with zero attached hydrogens (tertiary/aromatic N) is 2. The zero-order valence-electron chi connectivity index (χ0n) is 7.88. The van der Waals surface area contributed by atoms with Gasteiger partial charge in [-0.25, -0.2) is 4.98 Å². The van der Waals surface area contributed by atoms with Gasteiger partial charge in [0.1, 0.15) is 5.01 Å². The number of aliphatic carboxylic acids is 1. The summed E-state index contributed by atoms with van der Waals surface area (Å²) in [5, 5.41) is 11.7. The Morgan fingerprint density at radius 1 is 1.79 bits per heavy atom. The number of carboxylic acids is 1. The second-order valence-electron chi connectivity index (χ2n) is 3.54. The van der Waals surface area contributed by atoms with Gasteiger partial charge in [-0.3, -0.25) is 9.69 Å². The van der Waals surface area contributed by atoms with Crippen LogP contribution in [0.5, 0.6) is 0 Å². The molecule has 1 aromatic heterocycles. The van der Waals surface area contributed by atoms with Crippen molar-refractivity contribution < 1.29 is 9.90 Å². The van der Waals surface area contributed by atoms with Gasteiger partial charge in [0, 0.05) is 24.7 Å². The van der Waals surface area contributed by atoms with Gasteiger partial charge in [0.2, 0.25) is 0 Å². The van der Waals surface area contributed by atoms with Crippen LogP contribution in [-0.4, -0.2) is 34.0 Å². The van der Waals surface area contributed by atoms with Gasteiger partial charge in [0.05, 0.1) is 12.0 Å². The molecule has 0 amide bonds. The molecule has 1 aliphatic rings. The lowest BCUT2D eigenvalue weighted by atomic mass is 9.98. The van der Waals surface area contributed by atoms with Crippen LogP contribution < -0.4 is 0 Å². The normalized spacial score (nSPS) is 20.4. The number of rotatable bonds is 3. The molecule has 1 saturated heterocycles. The summed E-state index contributed by atoms with van der Waals surface area (Å²) < 4.78 is 0. The average Bonchev–Trinajstić information content (AvgIpc) is 2.51. The van der Waals surface area contributed by atoms with E-state index in [9.17, 15) is 4.79 Å². The molecule has 4 nitrogen and oxygen atoms in total. The van der Waals surface area contributed by atoms with E-state index in [1.807, 2.05) is 5.38 Å². The zero-order valence-corrected chi connectivity index (χ0v) is 8.70. The third-order valence-electron chi connectivity index (χ3n) is 2.62. The maximum absolute atomic E-state index is 10.6. The molecule has 0 aliphatic carbocycles. The lowest BCUT2D eigenvalue weighted by Gasteiger charge is -2.40. The molecule has 5 heteroatoms. The van der Waals surface area contributed by atoms with Crippen LogP contribution in [0.2, 0.25) is 0 Å². The molecular formula is C9H12N2O2S. The van der Waals surface area contributed by atoms with E-state index in [-0.39, 0.29) is 12.0 Å². The highest BCUT2D eigenvalue weighted by Gasteiger charge is 2.36. The number of carboxylic acid groups (broad SMARTS) is 1. The summed E-state index contributed by atoms with van der Waals surface area (Å²) in [6.07, 6.45) is 1.78. The van der Waals surface area contributed by atoms with Crippen molar-refractivity contribution in [3.8, 4) is 0 Å². The first-order valence-corrected chi connectivity index (χ1v) is 5.42. The molecule has 0 unspecified atom stereocenters. The molecule has 0 saturated carbocycles. The van der Waals surface area contributed by atoms with Crippen molar-refractivity contribution in [3.05, 3.63) is 16.6 Å². The van der Waals surface area contributed by atoms with E-state index < -0.39 is 5.97 Å². The van der Waals surface area contributed by atoms with Gasteiger partial charge < -0.3 is 5.11 Å². The average molecular weight is 212 g/mol. The van der Waals surface area contributed by atoms with E-state index in [1.165, 1.54) is 0 Å². The van der Waals surface area contributed by atoms with Gasteiger partial charge in [0.25, 0.3) is 0 Å². The minimum absolute atomic E-state index is 0.183. The molecule has 1 atom stereocenters. The zero-order chi connectivity index (χ0) is 10.1. The van der Waals surface area contributed by atoms with E-state index in [2.05, 4.69) is 16.8 Å². The van der Waals surface area contributed by atoms with Crippen LogP contribution in [-0.2, 0) is 4.79 Å². The molecule has 1 aliphatic heterocycles. The lowest BCUT2D eigenvalue weighted by Crippen LogP contribution is -2.51. The number of thiazole rings is 1. The molecule has 1 aromatic rings. The fourth-order valence-corrected chi connectivity index (χ4v) is 2.31. The topological polar surface area (TPSA) is 53.4 Å². The summed E-state index contributed by atoms with van der Waals surface area (Å²) >= 11 is 1.62. The first kappa shape index (κ1) is 9.61. The van der Waals surface area contributed by atoms with E-state index >= 15 is 0 Å². The Bertz CT molecular complexity index is 320. The van der Waals surface area contributed by atoms with Crippen LogP contribution in [0.4, 0.5) is 0 Å². The van der Waals surface area contributed by atoms with Crippen molar-refractivity contribution in [2.75, 3.05) is 13.1 Å². The minimum atomic E-state index is -0.687. The SMILES string of the molecule is C[C@@H](c1nccs1)N1CC(C(=O)O)C1. The number of aromatic nitrogens is 1. The predicted molar refractivity (Wildman–Crippen MR) is 53.2 cm³/mol. The maximum atomic E-state index is 10.6. The molecular weight excluding hydrogens is 200 g/mol. The second-order valence-corrected chi connectivity index (χ2v) is 4.46. The quantitative estimate of drug-likeness (QED) is 0.818. The minimum Gasteiger partial charge on any atom is -0.481 e. The summed E-state index contributed by atoms with van der Waals surface area (Å²) in [6, 6.07) is 0.255. The fourth-order valence-electron chi connectivity index (χ4n) is 1.58. The Balaban J connectivity index is 1.91. The second kappa shape index (κ2) is 3.67. The summed E-state index contributed by atoms with van der Waals surface area (Å²) in [5.41, 5.74) is 0. The highest BCUT2D eigenvalue weighted by Crippen LogP contribution is 2.29. The Morgan fingerprint density at radius 2 is 2.50 bits per heavy atom. The van der Waals surface area contributed by atoms with Gasteiger partial charge >= 0.3 is 5.97 Å². The molecule has 14 heavy (non-hydrogen) atoms. The third-order valence-corrected chi connectivity index (χ3v) is 3.56. The van der Waals surface area contributed by atoms with Gasteiger partial charge in [-0.1, -0.05) is 0 Å². The van der Waals surface area contributed by atoms with Crippen LogP contribution in [0.3, 0.4) is 0 Å². The van der Waals surface area contributed by atoms with Crippen LogP contribution >= 0.6 is 11.3 Å². The van der Waals surface area contributed by atoms with E-state index in [0.717, 1.165) is 5.01 Å². The van der Waals surface area contributed by atoms with Gasteiger partial charge in [-0.15, -0.1) is 11.3 Å². The summed E-state index contributed by atoms with van der Waals surface area (Å²) in [4.78, 5) is 17.0. The summed E-state index contributed by atoms with van der Waals surface area (Å²) in [5.74, 6) is -0.870. The Labute approximate surface area is 86.2 Å². The highest BCUT2D eigenvalue weighted by atomic mass is 32.1. The molecule has 76 valence electrons. The Hall–Kier alpha value is -0.940. The van der Waals surface area contributed by atoms with Crippen molar-refractivity contribution in [1.29, 1.82) is 0 Å². The summed E-state index contributed by atoms with van der Waals surface area (Å²) in [6.45, 7) is 3.36. The van der Waals surface area contributed by atoms with Crippen LogP contribution in [0, 0.1) is 5.92 Å². The van der Waals surface area contributed by atoms with E-state index in [0.29, 0.717) is 13.1 Å². The van der Waals surface area contributed by atoms with Crippen molar-refractivity contribution in [3.63, 3.8) is 0 Å². The van der Waals surface area contributed by atoms with Crippen LogP contribution in [0.15, 0.2) is 11.6 Å². The Morgan fingerprint density at radius 3 is 3.00 bits per heavy atom. The first-order valence-electron chi connectivity index (χ1n) is 4.54. The van der Waals surface area contributed by atoms with Crippen LogP contribution in [0.25, 0.3) is 0 Å². The predicted octanol–water partition coefficient (Wildman–Crippen LogP) is 1.22. The Kier molecular flexibility index (Phi) is 2.52. The lowest BCUT2D eigenvalue weighted by molar-refractivity contribution is -0.148. The molecule has 0 aromatic carbocycles. The summed E-state index contributed by atoms with van der Waals surface area (Å²) in [7, 11) is 0. The van der Waals surface area contributed by atoms with E-state index in [1.54, 1.807) is 17.5 Å². The van der Waals surface area contributed by atoms with Crippen molar-refractivity contribution in [2.45, 2.75) is 13.0 Å². The maximum Gasteiger partial charge on any atom is 0.309 e. The molecule has 0 bridgehead atoms. The third kappa shape index (κ3) is 1.65. The fraction of sp³-hybridized carbons (Fsp3) is 0.556. The van der Waals surface area contributed by atoms with Crippen LogP contribution in [0.1, 0.15) is 18.0 Å². The first-order chi connectivity index (χ1) is 6.68. The molecule has 0 spiro atoms. The van der Waals surface area contributed by atoms with Gasteiger partial charge in [0.15, 0.2) is 0 Å².